The van der Waals surface area contributed by atoms with Gasteiger partial charge in [-0.2, -0.15) is 0 Å². The molecule has 188 valence electrons. The Bertz CT molecular complexity index is 1090. The molecule has 4 atom stereocenters. The number of hydrogen-bond donors (Lipinski definition) is 2. The van der Waals surface area contributed by atoms with Gasteiger partial charge in [0.15, 0.2) is 0 Å². The van der Waals surface area contributed by atoms with Crippen molar-refractivity contribution in [2.24, 2.45) is 11.8 Å². The highest BCUT2D eigenvalue weighted by Crippen LogP contribution is 2.35. The lowest BCUT2D eigenvalue weighted by Gasteiger charge is -2.43. The number of benzene rings is 1. The van der Waals surface area contributed by atoms with Gasteiger partial charge in [-0.15, -0.1) is 0 Å². The third-order valence-corrected chi connectivity index (χ3v) is 7.58. The highest BCUT2D eigenvalue weighted by molar-refractivity contribution is 5.97. The minimum Gasteiger partial charge on any atom is -0.326 e. The maximum Gasteiger partial charge on any atom is 0.318 e. The molecule has 1 saturated heterocycles. The van der Waals surface area contributed by atoms with Gasteiger partial charge in [-0.05, 0) is 54.9 Å². The molecule has 0 radical (unpaired) electrons. The minimum atomic E-state index is -0.621. The summed E-state index contributed by atoms with van der Waals surface area (Å²) in [6.07, 6.45) is 5.09. The van der Waals surface area contributed by atoms with Crippen molar-refractivity contribution in [2.45, 2.75) is 71.4 Å². The number of aryl methyl sites for hydroxylation is 1. The third-order valence-electron chi connectivity index (χ3n) is 7.58. The number of carbonyl (C=O) groups excluding carboxylic acids is 2. The van der Waals surface area contributed by atoms with E-state index in [0.717, 1.165) is 43.5 Å². The van der Waals surface area contributed by atoms with Crippen LogP contribution in [0.25, 0.3) is 0 Å². The van der Waals surface area contributed by atoms with E-state index in [0.29, 0.717) is 19.6 Å². The zero-order valence-electron chi connectivity index (χ0n) is 21.1. The number of nitrogens with one attached hydrogen (secondary N) is 2. The van der Waals surface area contributed by atoms with E-state index in [2.05, 4.69) is 29.7 Å². The van der Waals surface area contributed by atoms with Crippen molar-refractivity contribution in [1.82, 2.24) is 14.8 Å². The summed E-state index contributed by atoms with van der Waals surface area (Å²) in [7, 11) is 0. The third kappa shape index (κ3) is 5.77. The van der Waals surface area contributed by atoms with Crippen LogP contribution < -0.4 is 16.2 Å². The van der Waals surface area contributed by atoms with Gasteiger partial charge < -0.3 is 20.1 Å². The summed E-state index contributed by atoms with van der Waals surface area (Å²) in [5.74, 6) is 0.188. The molecule has 3 amide bonds. The lowest BCUT2D eigenvalue weighted by atomic mass is 9.83. The summed E-state index contributed by atoms with van der Waals surface area (Å²) in [5, 5.41) is 6.03. The van der Waals surface area contributed by atoms with E-state index >= 15 is 0 Å². The van der Waals surface area contributed by atoms with Gasteiger partial charge in [0.1, 0.15) is 6.04 Å². The zero-order chi connectivity index (χ0) is 24.9. The van der Waals surface area contributed by atoms with E-state index in [1.807, 2.05) is 41.5 Å². The van der Waals surface area contributed by atoms with Gasteiger partial charge in [-0.25, -0.2) is 4.79 Å². The number of piperidine rings is 1. The summed E-state index contributed by atoms with van der Waals surface area (Å²) in [4.78, 5) is 40.6. The number of aromatic nitrogens is 1. The molecule has 2 bridgehead atoms. The van der Waals surface area contributed by atoms with Crippen LogP contribution in [-0.4, -0.2) is 40.5 Å². The van der Waals surface area contributed by atoms with Crippen LogP contribution in [-0.2, 0) is 17.8 Å². The molecule has 1 aromatic heterocycles. The molecule has 7 nitrogen and oxygen atoms in total. The number of nitrogens with zero attached hydrogens (tertiary/aromatic N) is 2. The van der Waals surface area contributed by atoms with Crippen molar-refractivity contribution in [2.75, 3.05) is 18.4 Å². The van der Waals surface area contributed by atoms with Gasteiger partial charge in [0, 0.05) is 43.0 Å². The highest BCUT2D eigenvalue weighted by atomic mass is 16.2. The lowest BCUT2D eigenvalue weighted by molar-refractivity contribution is -0.119. The first-order chi connectivity index (χ1) is 16.9. The predicted octanol–water partition coefficient (Wildman–Crippen LogP) is 4.37. The van der Waals surface area contributed by atoms with Gasteiger partial charge in [-0.3, -0.25) is 9.59 Å². The van der Waals surface area contributed by atoms with Crippen LogP contribution in [0.5, 0.6) is 0 Å². The number of amides is 3. The van der Waals surface area contributed by atoms with Crippen LogP contribution in [0.1, 0.15) is 63.6 Å². The SMILES string of the molecule is CCCCc1ccc(NC(=O)[C@@H](NC(=O)N2C[C@@H]3C[C@H](C2)c2cccc(=O)n2C3)[C@@H](C)CC)cc1. The molecule has 3 heterocycles. The Balaban J connectivity index is 1.42. The van der Waals surface area contributed by atoms with Crippen molar-refractivity contribution >= 4 is 17.6 Å². The van der Waals surface area contributed by atoms with E-state index in [-0.39, 0.29) is 35.3 Å². The topological polar surface area (TPSA) is 83.4 Å². The first-order valence-corrected chi connectivity index (χ1v) is 13.0. The zero-order valence-corrected chi connectivity index (χ0v) is 21.1. The normalized spacial score (nSPS) is 20.5. The van der Waals surface area contributed by atoms with Crippen LogP contribution in [0.2, 0.25) is 0 Å². The van der Waals surface area contributed by atoms with Crippen molar-refractivity contribution in [3.05, 3.63) is 64.1 Å². The molecule has 2 aromatic rings. The van der Waals surface area contributed by atoms with Crippen LogP contribution in [0, 0.1) is 11.8 Å². The Morgan fingerprint density at radius 1 is 1.06 bits per heavy atom. The standard InChI is InChI=1S/C28H38N4O3/c1-4-6-8-20-11-13-23(14-12-20)29-27(34)26(19(3)5-2)30-28(35)31-16-21-15-22(18-31)24-9-7-10-25(33)32(24)17-21/h7,9-14,19,21-22,26H,4-6,8,15-18H2,1-3H3,(H,29,34)(H,30,35)/t19-,21-,22+,26-/m0/s1. The second-order valence-corrected chi connectivity index (χ2v) is 10.2. The minimum absolute atomic E-state index is 0.00799. The first kappa shape index (κ1) is 25.0. The number of carbonyl (C=O) groups is 2. The van der Waals surface area contributed by atoms with Crippen molar-refractivity contribution in [3.8, 4) is 0 Å². The predicted molar refractivity (Wildman–Crippen MR) is 139 cm³/mol. The molecule has 0 saturated carbocycles. The molecule has 4 rings (SSSR count). The fourth-order valence-corrected chi connectivity index (χ4v) is 5.34. The van der Waals surface area contributed by atoms with E-state index in [1.165, 1.54) is 5.56 Å². The average molecular weight is 479 g/mol. The van der Waals surface area contributed by atoms with Crippen molar-refractivity contribution in [1.29, 1.82) is 0 Å². The van der Waals surface area contributed by atoms with Gasteiger partial charge >= 0.3 is 6.03 Å². The molecular formula is C28H38N4O3. The molecule has 2 N–H and O–H groups in total. The van der Waals surface area contributed by atoms with E-state index in [1.54, 1.807) is 12.1 Å². The molecule has 7 heteroatoms. The van der Waals surface area contributed by atoms with Crippen LogP contribution in [0.15, 0.2) is 47.3 Å². The van der Waals surface area contributed by atoms with Crippen molar-refractivity contribution in [3.63, 3.8) is 0 Å². The molecule has 0 spiro atoms. The smallest absolute Gasteiger partial charge is 0.318 e. The number of urea groups is 1. The number of pyridine rings is 1. The van der Waals surface area contributed by atoms with Gasteiger partial charge in [-0.1, -0.05) is 51.8 Å². The summed E-state index contributed by atoms with van der Waals surface area (Å²) >= 11 is 0. The fourth-order valence-electron chi connectivity index (χ4n) is 5.34. The molecule has 2 aliphatic heterocycles. The largest absolute Gasteiger partial charge is 0.326 e. The monoisotopic (exact) mass is 478 g/mol. The lowest BCUT2D eigenvalue weighted by Crippen LogP contribution is -2.56. The molecule has 35 heavy (non-hydrogen) atoms. The number of fused-ring (bicyclic) bond motifs is 4. The Kier molecular flexibility index (Phi) is 7.93. The van der Waals surface area contributed by atoms with E-state index in [9.17, 15) is 14.4 Å². The average Bonchev–Trinajstić information content (AvgIpc) is 2.86. The Morgan fingerprint density at radius 3 is 2.54 bits per heavy atom. The summed E-state index contributed by atoms with van der Waals surface area (Å²) in [6, 6.07) is 12.5. The van der Waals surface area contributed by atoms with Crippen molar-refractivity contribution < 1.29 is 9.59 Å². The maximum absolute atomic E-state index is 13.3. The highest BCUT2D eigenvalue weighted by Gasteiger charge is 2.37. The Hall–Kier alpha value is -3.09. The van der Waals surface area contributed by atoms with Crippen LogP contribution in [0.4, 0.5) is 10.5 Å². The second-order valence-electron chi connectivity index (χ2n) is 10.2. The Morgan fingerprint density at radius 2 is 1.83 bits per heavy atom. The second kappa shape index (κ2) is 11.1. The van der Waals surface area contributed by atoms with Gasteiger partial charge in [0.05, 0.1) is 0 Å². The summed E-state index contributed by atoms with van der Waals surface area (Å²) < 4.78 is 1.86. The van der Waals surface area contributed by atoms with E-state index in [4.69, 9.17) is 0 Å². The van der Waals surface area contributed by atoms with Crippen LogP contribution >= 0.6 is 0 Å². The number of anilines is 1. The number of unbranched alkanes of at least 4 members (excludes halogenated alkanes) is 1. The molecule has 1 aromatic carbocycles. The van der Waals surface area contributed by atoms with Crippen LogP contribution in [0.3, 0.4) is 0 Å². The fraction of sp³-hybridized carbons (Fsp3) is 0.536. The number of hydrogen-bond acceptors (Lipinski definition) is 3. The molecule has 1 fully saturated rings. The maximum atomic E-state index is 13.3. The van der Waals surface area contributed by atoms with Gasteiger partial charge in [0.2, 0.25) is 5.91 Å². The Labute approximate surface area is 207 Å². The van der Waals surface area contributed by atoms with E-state index < -0.39 is 6.04 Å². The molecule has 0 unspecified atom stereocenters. The first-order valence-electron chi connectivity index (χ1n) is 13.0. The molecule has 0 aliphatic carbocycles. The summed E-state index contributed by atoms with van der Waals surface area (Å²) in [5.41, 5.74) is 3.04. The molecule has 2 aliphatic rings. The summed E-state index contributed by atoms with van der Waals surface area (Å²) in [6.45, 7) is 7.98. The quantitative estimate of drug-likeness (QED) is 0.591. The van der Waals surface area contributed by atoms with Gasteiger partial charge in [0.25, 0.3) is 5.56 Å². The number of likely N-dealkylation sites (tertiary alicyclic amines) is 1. The number of rotatable bonds is 8. The molecular weight excluding hydrogens is 440 g/mol.